The molecule has 8 heteroatoms. The zero-order valence-corrected chi connectivity index (χ0v) is 20.0. The topological polar surface area (TPSA) is 83.6 Å². The second-order valence-electron chi connectivity index (χ2n) is 7.48. The van der Waals surface area contributed by atoms with Crippen LogP contribution in [0.25, 0.3) is 0 Å². The molecular formula is C25H25ClN2O4S. The molecular weight excluding hydrogens is 460 g/mol. The molecule has 0 saturated carbocycles. The number of hydrogen-bond donors (Lipinski definition) is 1. The van der Waals surface area contributed by atoms with Gasteiger partial charge < -0.3 is 4.90 Å². The van der Waals surface area contributed by atoms with Crippen molar-refractivity contribution in [3.05, 3.63) is 100 Å². The summed E-state index contributed by atoms with van der Waals surface area (Å²) >= 11 is 5.91. The highest BCUT2D eigenvalue weighted by atomic mass is 35.5. The monoisotopic (exact) mass is 484 g/mol. The minimum absolute atomic E-state index is 0.0447. The Kier molecular flexibility index (Phi) is 8.02. The number of hydrogen-bond acceptors (Lipinski definition) is 4. The highest BCUT2D eigenvalue weighted by molar-refractivity contribution is 7.89. The zero-order valence-electron chi connectivity index (χ0n) is 18.4. The number of amides is 1. The number of nitrogens with zero attached hydrogens (tertiary/aromatic N) is 1. The van der Waals surface area contributed by atoms with Crippen LogP contribution < -0.4 is 4.72 Å². The van der Waals surface area contributed by atoms with E-state index >= 15 is 0 Å². The van der Waals surface area contributed by atoms with E-state index in [4.69, 9.17) is 11.6 Å². The second kappa shape index (κ2) is 10.7. The first-order valence-electron chi connectivity index (χ1n) is 10.5. The number of rotatable bonds is 9. The van der Waals surface area contributed by atoms with E-state index in [0.29, 0.717) is 17.1 Å². The van der Waals surface area contributed by atoms with E-state index in [2.05, 4.69) is 4.72 Å². The summed E-state index contributed by atoms with van der Waals surface area (Å²) < 4.78 is 27.6. The molecule has 0 atom stereocenters. The van der Waals surface area contributed by atoms with Crippen LogP contribution in [0.4, 0.5) is 0 Å². The first-order chi connectivity index (χ1) is 15.7. The molecule has 3 aromatic carbocycles. The molecule has 0 aliphatic carbocycles. The van der Waals surface area contributed by atoms with Crippen LogP contribution in [0.3, 0.4) is 0 Å². The molecule has 1 amide bonds. The maximum atomic E-state index is 13.2. The van der Waals surface area contributed by atoms with Gasteiger partial charge in [0.05, 0.1) is 10.5 Å². The molecule has 0 bridgehead atoms. The van der Waals surface area contributed by atoms with Crippen LogP contribution in [-0.4, -0.2) is 44.6 Å². The van der Waals surface area contributed by atoms with Crippen LogP contribution >= 0.6 is 11.6 Å². The first kappa shape index (κ1) is 24.6. The van der Waals surface area contributed by atoms with Gasteiger partial charge in [0.2, 0.25) is 10.0 Å². The molecule has 0 aliphatic heterocycles. The van der Waals surface area contributed by atoms with Crippen LogP contribution in [0.5, 0.6) is 0 Å². The van der Waals surface area contributed by atoms with Gasteiger partial charge in [-0.15, -0.1) is 0 Å². The third kappa shape index (κ3) is 6.07. The number of halogens is 1. The molecule has 3 rings (SSSR count). The average Bonchev–Trinajstić information content (AvgIpc) is 2.82. The molecule has 0 heterocycles. The molecule has 0 aliphatic rings. The third-order valence-electron chi connectivity index (χ3n) is 5.18. The van der Waals surface area contributed by atoms with Crippen molar-refractivity contribution in [2.75, 3.05) is 19.6 Å². The molecule has 0 saturated heterocycles. The summed E-state index contributed by atoms with van der Waals surface area (Å²) in [4.78, 5) is 27.9. The van der Waals surface area contributed by atoms with Crippen molar-refractivity contribution in [2.24, 2.45) is 0 Å². The first-order valence-corrected chi connectivity index (χ1v) is 12.3. The lowest BCUT2D eigenvalue weighted by Gasteiger charge is -2.22. The standard InChI is InChI=1S/C25H25ClN2O4S/c1-3-28(17-16-27-33(31,32)21-14-8-18(2)9-15-21)25(30)23-7-5-4-6-22(23)24(29)19-10-12-20(26)13-11-19/h4-15,27H,3,16-17H2,1-2H3. The number of aryl methyl sites for hydroxylation is 1. The lowest BCUT2D eigenvalue weighted by Crippen LogP contribution is -2.39. The Morgan fingerprint density at radius 3 is 2.12 bits per heavy atom. The highest BCUT2D eigenvalue weighted by Gasteiger charge is 2.22. The Morgan fingerprint density at radius 1 is 0.909 bits per heavy atom. The van der Waals surface area contributed by atoms with Gasteiger partial charge in [-0.1, -0.05) is 47.5 Å². The summed E-state index contributed by atoms with van der Waals surface area (Å²) in [6.45, 7) is 4.24. The van der Waals surface area contributed by atoms with Crippen molar-refractivity contribution in [3.8, 4) is 0 Å². The van der Waals surface area contributed by atoms with Gasteiger partial charge in [-0.05, 0) is 56.3 Å². The number of likely N-dealkylation sites (N-methyl/N-ethyl adjacent to an activating group) is 1. The summed E-state index contributed by atoms with van der Waals surface area (Å²) in [6, 6.07) is 19.6. The van der Waals surface area contributed by atoms with Gasteiger partial charge >= 0.3 is 0 Å². The lowest BCUT2D eigenvalue weighted by molar-refractivity contribution is 0.0763. The van der Waals surface area contributed by atoms with E-state index in [1.165, 1.54) is 4.90 Å². The number of nitrogens with one attached hydrogen (secondary N) is 1. The molecule has 0 unspecified atom stereocenters. The highest BCUT2D eigenvalue weighted by Crippen LogP contribution is 2.18. The van der Waals surface area contributed by atoms with E-state index in [1.807, 2.05) is 6.92 Å². The number of benzene rings is 3. The Balaban J connectivity index is 1.73. The zero-order chi connectivity index (χ0) is 24.0. The van der Waals surface area contributed by atoms with Gasteiger partial charge in [0.25, 0.3) is 5.91 Å². The van der Waals surface area contributed by atoms with E-state index in [-0.39, 0.29) is 40.8 Å². The minimum atomic E-state index is -3.69. The van der Waals surface area contributed by atoms with Gasteiger partial charge in [0, 0.05) is 35.8 Å². The van der Waals surface area contributed by atoms with E-state index < -0.39 is 10.0 Å². The third-order valence-corrected chi connectivity index (χ3v) is 6.91. The molecule has 6 nitrogen and oxygen atoms in total. The van der Waals surface area contributed by atoms with E-state index in [9.17, 15) is 18.0 Å². The van der Waals surface area contributed by atoms with Crippen LogP contribution in [0.15, 0.2) is 77.7 Å². The summed E-state index contributed by atoms with van der Waals surface area (Å²) in [5.41, 5.74) is 1.93. The van der Waals surface area contributed by atoms with Crippen molar-refractivity contribution >= 4 is 33.3 Å². The fourth-order valence-corrected chi connectivity index (χ4v) is 4.46. The smallest absolute Gasteiger partial charge is 0.254 e. The van der Waals surface area contributed by atoms with Gasteiger partial charge in [-0.2, -0.15) is 0 Å². The molecule has 0 radical (unpaired) electrons. The van der Waals surface area contributed by atoms with Crippen LogP contribution in [0, 0.1) is 6.92 Å². The van der Waals surface area contributed by atoms with E-state index in [1.54, 1.807) is 79.7 Å². The van der Waals surface area contributed by atoms with Crippen molar-refractivity contribution in [1.82, 2.24) is 9.62 Å². The van der Waals surface area contributed by atoms with E-state index in [0.717, 1.165) is 5.56 Å². The quantitative estimate of drug-likeness (QED) is 0.458. The molecule has 33 heavy (non-hydrogen) atoms. The fraction of sp³-hybridized carbons (Fsp3) is 0.200. The van der Waals surface area contributed by atoms with Gasteiger partial charge in [-0.3, -0.25) is 9.59 Å². The number of sulfonamides is 1. The minimum Gasteiger partial charge on any atom is -0.338 e. The molecule has 172 valence electrons. The predicted octanol–water partition coefficient (Wildman–Crippen LogP) is 4.32. The second-order valence-corrected chi connectivity index (χ2v) is 9.68. The largest absolute Gasteiger partial charge is 0.338 e. The van der Waals surface area contributed by atoms with Gasteiger partial charge in [0.15, 0.2) is 5.78 Å². The maximum absolute atomic E-state index is 13.2. The van der Waals surface area contributed by atoms with Crippen LogP contribution in [-0.2, 0) is 10.0 Å². The Labute approximate surface area is 199 Å². The molecule has 0 fully saturated rings. The van der Waals surface area contributed by atoms with Crippen molar-refractivity contribution in [2.45, 2.75) is 18.7 Å². The van der Waals surface area contributed by atoms with Gasteiger partial charge in [0.1, 0.15) is 0 Å². The number of ketones is 1. The molecule has 0 spiro atoms. The Hall–Kier alpha value is -3.00. The maximum Gasteiger partial charge on any atom is 0.254 e. The fourth-order valence-electron chi connectivity index (χ4n) is 3.31. The molecule has 0 aromatic heterocycles. The van der Waals surface area contributed by atoms with Crippen LogP contribution in [0.1, 0.15) is 38.8 Å². The average molecular weight is 485 g/mol. The normalized spacial score (nSPS) is 11.2. The SMILES string of the molecule is CCN(CCNS(=O)(=O)c1ccc(C)cc1)C(=O)c1ccccc1C(=O)c1ccc(Cl)cc1. The van der Waals surface area contributed by atoms with Crippen LogP contribution in [0.2, 0.25) is 5.02 Å². The number of carbonyl (C=O) groups is 2. The summed E-state index contributed by atoms with van der Waals surface area (Å²) in [6.07, 6.45) is 0. The van der Waals surface area contributed by atoms with Gasteiger partial charge in [-0.25, -0.2) is 13.1 Å². The van der Waals surface area contributed by atoms with Crippen molar-refractivity contribution in [3.63, 3.8) is 0 Å². The predicted molar refractivity (Wildman–Crippen MR) is 129 cm³/mol. The summed E-state index contributed by atoms with van der Waals surface area (Å²) in [7, 11) is -3.69. The Morgan fingerprint density at radius 2 is 1.52 bits per heavy atom. The summed E-state index contributed by atoms with van der Waals surface area (Å²) in [5, 5.41) is 0.515. The van der Waals surface area contributed by atoms with Crippen molar-refractivity contribution in [1.29, 1.82) is 0 Å². The lowest BCUT2D eigenvalue weighted by atomic mass is 9.97. The molecule has 1 N–H and O–H groups in total. The Bertz CT molecular complexity index is 1240. The summed E-state index contributed by atoms with van der Waals surface area (Å²) in [5.74, 6) is -0.628. The number of carbonyl (C=O) groups excluding carboxylic acids is 2. The molecule has 3 aromatic rings. The van der Waals surface area contributed by atoms with Crippen molar-refractivity contribution < 1.29 is 18.0 Å².